The van der Waals surface area contributed by atoms with Crippen molar-refractivity contribution in [2.75, 3.05) is 6.61 Å². The highest BCUT2D eigenvalue weighted by atomic mass is 19.1. The number of pyridine rings is 1. The smallest absolute Gasteiger partial charge is 0.254 e. The van der Waals surface area contributed by atoms with Gasteiger partial charge in [-0.2, -0.15) is 0 Å². The van der Waals surface area contributed by atoms with Gasteiger partial charge in [-0.05, 0) is 95.5 Å². The van der Waals surface area contributed by atoms with Crippen LogP contribution < -0.4 is 10.1 Å². The van der Waals surface area contributed by atoms with Crippen LogP contribution in [0.5, 0.6) is 5.88 Å². The summed E-state index contributed by atoms with van der Waals surface area (Å²) in [5.74, 6) is 0.476. The average Bonchev–Trinajstić information content (AvgIpc) is 2.99. The summed E-state index contributed by atoms with van der Waals surface area (Å²) >= 11 is 0. The van der Waals surface area contributed by atoms with E-state index in [2.05, 4.69) is 57.4 Å². The van der Waals surface area contributed by atoms with Gasteiger partial charge in [0.2, 0.25) is 5.88 Å². The SMILES string of the molecule is C=C.C=C.CC.CC(C)=O.CC(C)C.CCC(C)(CC)NC(=O)c1cc(C)c(C)cc1F.CCCc1cc(OCC)ncc1F. The molecule has 1 aromatic heterocycles. The number of aryl methyl sites for hydroxylation is 3. The molecule has 0 aliphatic rings. The Morgan fingerprint density at radius 3 is 1.69 bits per heavy atom. The van der Waals surface area contributed by atoms with Gasteiger partial charge in [0, 0.05) is 11.6 Å². The van der Waals surface area contributed by atoms with Gasteiger partial charge in [-0.1, -0.05) is 61.8 Å². The number of nitrogens with zero attached hydrogens (tertiary/aromatic N) is 1. The summed E-state index contributed by atoms with van der Waals surface area (Å²) < 4.78 is 32.1. The highest BCUT2D eigenvalue weighted by Gasteiger charge is 2.24. The van der Waals surface area contributed by atoms with Gasteiger partial charge < -0.3 is 14.8 Å². The lowest BCUT2D eigenvalue weighted by Crippen LogP contribution is -2.45. The summed E-state index contributed by atoms with van der Waals surface area (Å²) in [7, 11) is 0. The van der Waals surface area contributed by atoms with E-state index in [0.717, 1.165) is 42.7 Å². The molecule has 0 fully saturated rings. The van der Waals surface area contributed by atoms with Gasteiger partial charge in [0.25, 0.3) is 5.91 Å². The Balaban J connectivity index is -0.000000172. The molecule has 45 heavy (non-hydrogen) atoms. The number of carbonyl (C=O) groups is 2. The van der Waals surface area contributed by atoms with Crippen LogP contribution in [-0.4, -0.2) is 28.8 Å². The van der Waals surface area contributed by atoms with Crippen LogP contribution in [0.4, 0.5) is 8.78 Å². The zero-order chi connectivity index (χ0) is 36.8. The van der Waals surface area contributed by atoms with E-state index in [4.69, 9.17) is 4.74 Å². The molecule has 260 valence electrons. The van der Waals surface area contributed by atoms with E-state index < -0.39 is 5.82 Å². The number of aromatic nitrogens is 1. The van der Waals surface area contributed by atoms with Crippen LogP contribution in [-0.2, 0) is 11.2 Å². The third-order valence-corrected chi connectivity index (χ3v) is 5.53. The highest BCUT2D eigenvalue weighted by Crippen LogP contribution is 2.19. The molecular formula is C38H66F2N2O3. The lowest BCUT2D eigenvalue weighted by molar-refractivity contribution is -0.115. The minimum absolute atomic E-state index is 0.131. The molecule has 1 amide bonds. The van der Waals surface area contributed by atoms with Crippen molar-refractivity contribution in [3.05, 3.63) is 84.6 Å². The summed E-state index contributed by atoms with van der Waals surface area (Å²) in [6, 6.07) is 4.70. The molecule has 2 aromatic rings. The first-order valence-corrected chi connectivity index (χ1v) is 15.9. The van der Waals surface area contributed by atoms with Crippen LogP contribution in [0.2, 0.25) is 0 Å². The Kier molecular flexibility index (Phi) is 36.5. The maximum Gasteiger partial charge on any atom is 0.254 e. The van der Waals surface area contributed by atoms with Gasteiger partial charge >= 0.3 is 0 Å². The fraction of sp³-hybridized carbons (Fsp3) is 0.553. The number of nitrogens with one attached hydrogen (secondary N) is 1. The summed E-state index contributed by atoms with van der Waals surface area (Å²) in [5.41, 5.74) is 2.32. The fourth-order valence-electron chi connectivity index (χ4n) is 2.87. The Hall–Kier alpha value is -3.35. The van der Waals surface area contributed by atoms with Crippen LogP contribution in [0, 0.1) is 31.4 Å². The lowest BCUT2D eigenvalue weighted by atomic mass is 9.94. The Bertz CT molecular complexity index is 1030. The number of carbonyl (C=O) groups excluding carboxylic acids is 2. The zero-order valence-electron chi connectivity index (χ0n) is 31.2. The number of ether oxygens (including phenoxy) is 1. The number of benzene rings is 1. The van der Waals surface area contributed by atoms with E-state index in [9.17, 15) is 18.4 Å². The van der Waals surface area contributed by atoms with Gasteiger partial charge in [0.15, 0.2) is 0 Å². The number of Topliss-reactive ketones (excluding diaryl/α,β-unsaturated/α-hetero) is 1. The van der Waals surface area contributed by atoms with Crippen molar-refractivity contribution in [2.45, 2.75) is 128 Å². The van der Waals surface area contributed by atoms with E-state index >= 15 is 0 Å². The maximum absolute atomic E-state index is 13.8. The zero-order valence-corrected chi connectivity index (χ0v) is 31.2. The second-order valence-electron chi connectivity index (χ2n) is 10.6. The number of ketones is 1. The molecule has 5 nitrogen and oxygen atoms in total. The molecule has 0 saturated carbocycles. The van der Waals surface area contributed by atoms with E-state index in [1.54, 1.807) is 12.1 Å². The predicted octanol–water partition coefficient (Wildman–Crippen LogP) is 11.2. The monoisotopic (exact) mass is 637 g/mol. The predicted molar refractivity (Wildman–Crippen MR) is 192 cm³/mol. The molecule has 7 heteroatoms. The van der Waals surface area contributed by atoms with Gasteiger partial charge in [0.1, 0.15) is 17.4 Å². The third kappa shape index (κ3) is 27.9. The maximum atomic E-state index is 13.8. The lowest BCUT2D eigenvalue weighted by Gasteiger charge is -2.28. The third-order valence-electron chi connectivity index (χ3n) is 5.53. The molecule has 1 heterocycles. The highest BCUT2D eigenvalue weighted by molar-refractivity contribution is 5.95. The number of amides is 1. The quantitative estimate of drug-likeness (QED) is 0.293. The van der Waals surface area contributed by atoms with Crippen LogP contribution >= 0.6 is 0 Å². The minimum Gasteiger partial charge on any atom is -0.478 e. The number of hydrogen-bond acceptors (Lipinski definition) is 4. The molecule has 0 aliphatic carbocycles. The van der Waals surface area contributed by atoms with Crippen molar-refractivity contribution in [2.24, 2.45) is 5.92 Å². The normalized spacial score (nSPS) is 9.18. The Morgan fingerprint density at radius 1 is 0.889 bits per heavy atom. The molecule has 0 bridgehead atoms. The van der Waals surface area contributed by atoms with Crippen molar-refractivity contribution < 1.29 is 23.1 Å². The van der Waals surface area contributed by atoms with Gasteiger partial charge in [-0.15, -0.1) is 26.3 Å². The van der Waals surface area contributed by atoms with E-state index in [1.165, 1.54) is 26.1 Å². The van der Waals surface area contributed by atoms with E-state index in [-0.39, 0.29) is 28.6 Å². The average molecular weight is 637 g/mol. The molecule has 1 N–H and O–H groups in total. The second kappa shape index (κ2) is 32.1. The number of hydrogen-bond donors (Lipinski definition) is 1. The standard InChI is InChI=1S/C15H22FNO.C10H14FNO.C4H10.C3H6O.C2H6.2C2H4/c1-6-15(5,7-2)17-14(18)12-8-10(3)11(4)9-13(12)16;1-3-5-8-6-10(13-4-2)12-7-9(8)11;1-4(2)3;1-3(2)4;3*1-2/h8-9H,6-7H2,1-5H3,(H,17,18);6-7H,3-5H2,1-2H3;4H,1-3H3;1-2H3;1-2H3;2*1-2H2. The summed E-state index contributed by atoms with van der Waals surface area (Å²) in [5, 5.41) is 2.92. The van der Waals surface area contributed by atoms with E-state index in [1.807, 2.05) is 62.3 Å². The van der Waals surface area contributed by atoms with Gasteiger partial charge in [0.05, 0.1) is 18.4 Å². The molecule has 0 atom stereocenters. The number of halogens is 2. The van der Waals surface area contributed by atoms with Crippen LogP contribution in [0.3, 0.4) is 0 Å². The van der Waals surface area contributed by atoms with Crippen LogP contribution in [0.15, 0.2) is 50.7 Å². The van der Waals surface area contributed by atoms with Crippen molar-refractivity contribution in [1.29, 1.82) is 0 Å². The Labute approximate surface area is 276 Å². The second-order valence-corrected chi connectivity index (χ2v) is 10.6. The molecule has 0 unspecified atom stereocenters. The van der Waals surface area contributed by atoms with Crippen molar-refractivity contribution in [1.82, 2.24) is 10.3 Å². The minimum atomic E-state index is -0.454. The molecule has 0 aliphatic heterocycles. The molecule has 2 rings (SSSR count). The van der Waals surface area contributed by atoms with E-state index in [0.29, 0.717) is 18.1 Å². The first-order valence-electron chi connectivity index (χ1n) is 15.9. The molecule has 0 spiro atoms. The van der Waals surface area contributed by atoms with Crippen LogP contribution in [0.25, 0.3) is 0 Å². The first-order chi connectivity index (χ1) is 21.1. The summed E-state index contributed by atoms with van der Waals surface area (Å²) in [6.07, 6.45) is 4.51. The van der Waals surface area contributed by atoms with Gasteiger partial charge in [-0.25, -0.2) is 13.8 Å². The van der Waals surface area contributed by atoms with Crippen molar-refractivity contribution >= 4 is 11.7 Å². The molecular weight excluding hydrogens is 570 g/mol. The summed E-state index contributed by atoms with van der Waals surface area (Å²) in [6.45, 7) is 39.7. The summed E-state index contributed by atoms with van der Waals surface area (Å²) in [4.78, 5) is 25.4. The topological polar surface area (TPSA) is 68.3 Å². The molecule has 0 saturated heterocycles. The van der Waals surface area contributed by atoms with Crippen molar-refractivity contribution in [3.63, 3.8) is 0 Å². The fourth-order valence-corrected chi connectivity index (χ4v) is 2.87. The van der Waals surface area contributed by atoms with Gasteiger partial charge in [-0.3, -0.25) is 4.79 Å². The largest absolute Gasteiger partial charge is 0.478 e. The Morgan fingerprint density at radius 2 is 1.31 bits per heavy atom. The number of rotatable bonds is 8. The van der Waals surface area contributed by atoms with Crippen LogP contribution in [0.1, 0.15) is 129 Å². The molecule has 0 radical (unpaired) electrons. The molecule has 1 aromatic carbocycles. The first kappa shape index (κ1) is 51.2. The van der Waals surface area contributed by atoms with Crippen molar-refractivity contribution in [3.8, 4) is 5.88 Å².